The maximum atomic E-state index is 13.5. The largest absolute Gasteiger partial charge is 0.348 e. The lowest BCUT2D eigenvalue weighted by Crippen LogP contribution is -2.41. The Kier molecular flexibility index (Phi) is 4.77. The second kappa shape index (κ2) is 6.35. The van der Waals surface area contributed by atoms with Crippen molar-refractivity contribution in [1.82, 2.24) is 10.2 Å². The summed E-state index contributed by atoms with van der Waals surface area (Å²) >= 11 is 5.78. The van der Waals surface area contributed by atoms with Gasteiger partial charge >= 0.3 is 0 Å². The van der Waals surface area contributed by atoms with Crippen LogP contribution in [0.25, 0.3) is 0 Å². The van der Waals surface area contributed by atoms with Gasteiger partial charge in [0.05, 0.1) is 5.56 Å². The van der Waals surface area contributed by atoms with Crippen molar-refractivity contribution >= 4 is 17.5 Å². The molecule has 1 N–H and O–H groups in total. The topological polar surface area (TPSA) is 32.3 Å². The van der Waals surface area contributed by atoms with E-state index in [4.69, 9.17) is 11.6 Å². The van der Waals surface area contributed by atoms with E-state index in [9.17, 15) is 9.18 Å². The molecule has 1 saturated heterocycles. The van der Waals surface area contributed by atoms with Crippen molar-refractivity contribution in [3.63, 3.8) is 0 Å². The fraction of sp³-hybridized carbons (Fsp3) is 0.500. The van der Waals surface area contributed by atoms with Gasteiger partial charge in [-0.2, -0.15) is 0 Å². The van der Waals surface area contributed by atoms with E-state index in [2.05, 4.69) is 10.2 Å². The average Bonchev–Trinajstić information content (AvgIpc) is 2.84. The molecule has 1 heterocycles. The summed E-state index contributed by atoms with van der Waals surface area (Å²) in [5.74, 6) is -0.957. The van der Waals surface area contributed by atoms with Gasteiger partial charge in [0.2, 0.25) is 0 Å². The predicted octanol–water partition coefficient (Wildman–Crippen LogP) is 2.69. The number of hydrogen-bond donors (Lipinski definition) is 1. The molecule has 2 rings (SSSR count). The van der Waals surface area contributed by atoms with E-state index >= 15 is 0 Å². The Morgan fingerprint density at radius 2 is 2.16 bits per heavy atom. The fourth-order valence-corrected chi connectivity index (χ4v) is 2.54. The summed E-state index contributed by atoms with van der Waals surface area (Å²) in [7, 11) is 0. The van der Waals surface area contributed by atoms with Crippen LogP contribution in [0.1, 0.15) is 30.1 Å². The summed E-state index contributed by atoms with van der Waals surface area (Å²) in [5.41, 5.74) is 0.000715. The molecule has 0 aromatic heterocycles. The van der Waals surface area contributed by atoms with Crippen molar-refractivity contribution in [3.05, 3.63) is 34.6 Å². The van der Waals surface area contributed by atoms with E-state index in [1.807, 2.05) is 6.92 Å². The van der Waals surface area contributed by atoms with Crippen LogP contribution in [0.3, 0.4) is 0 Å². The van der Waals surface area contributed by atoms with Crippen LogP contribution in [0, 0.1) is 5.82 Å². The van der Waals surface area contributed by atoms with Gasteiger partial charge in [0, 0.05) is 17.6 Å². The number of carbonyl (C=O) groups is 1. The number of amides is 1. The molecule has 1 fully saturated rings. The average molecular weight is 285 g/mol. The lowest BCUT2D eigenvalue weighted by molar-refractivity contribution is 0.0928. The third-order valence-corrected chi connectivity index (χ3v) is 3.52. The summed E-state index contributed by atoms with van der Waals surface area (Å²) in [6, 6.07) is 3.99. The maximum absolute atomic E-state index is 13.5. The third-order valence-electron chi connectivity index (χ3n) is 3.28. The highest BCUT2D eigenvalue weighted by Crippen LogP contribution is 2.15. The van der Waals surface area contributed by atoms with Crippen LogP contribution in [0.4, 0.5) is 4.39 Å². The van der Waals surface area contributed by atoms with Crippen molar-refractivity contribution in [2.45, 2.75) is 25.8 Å². The van der Waals surface area contributed by atoms with E-state index in [1.165, 1.54) is 31.0 Å². The quantitative estimate of drug-likeness (QED) is 0.922. The van der Waals surface area contributed by atoms with Gasteiger partial charge in [-0.25, -0.2) is 4.39 Å². The Hall–Kier alpha value is -1.13. The highest BCUT2D eigenvalue weighted by molar-refractivity contribution is 6.31. The van der Waals surface area contributed by atoms with E-state index in [1.54, 1.807) is 0 Å². The summed E-state index contributed by atoms with van der Waals surface area (Å²) in [6.07, 6.45) is 2.42. The van der Waals surface area contributed by atoms with Crippen molar-refractivity contribution in [2.24, 2.45) is 0 Å². The SMILES string of the molecule is CC(CN1CCCC1)NC(=O)c1cc(Cl)ccc1F. The Balaban J connectivity index is 1.94. The molecule has 1 aromatic carbocycles. The van der Waals surface area contributed by atoms with Gasteiger partial charge in [-0.15, -0.1) is 0 Å². The van der Waals surface area contributed by atoms with Crippen LogP contribution in [0.15, 0.2) is 18.2 Å². The number of benzene rings is 1. The molecule has 0 saturated carbocycles. The molecule has 1 unspecified atom stereocenters. The minimum atomic E-state index is -0.546. The highest BCUT2D eigenvalue weighted by atomic mass is 35.5. The van der Waals surface area contributed by atoms with Gasteiger partial charge in [-0.3, -0.25) is 4.79 Å². The molecule has 0 aliphatic carbocycles. The summed E-state index contributed by atoms with van der Waals surface area (Å²) in [4.78, 5) is 14.3. The third kappa shape index (κ3) is 3.91. The van der Waals surface area contributed by atoms with E-state index in [-0.39, 0.29) is 11.6 Å². The maximum Gasteiger partial charge on any atom is 0.254 e. The lowest BCUT2D eigenvalue weighted by atomic mass is 10.2. The number of halogens is 2. The molecule has 1 aliphatic heterocycles. The van der Waals surface area contributed by atoms with Gasteiger partial charge in [0.15, 0.2) is 0 Å². The van der Waals surface area contributed by atoms with Crippen molar-refractivity contribution < 1.29 is 9.18 Å². The molecule has 1 aliphatic rings. The first-order valence-corrected chi connectivity index (χ1v) is 6.92. The van der Waals surface area contributed by atoms with E-state index in [0.717, 1.165) is 19.6 Å². The van der Waals surface area contributed by atoms with Gasteiger partial charge in [-0.05, 0) is 51.1 Å². The number of rotatable bonds is 4. The predicted molar refractivity (Wildman–Crippen MR) is 74.0 cm³/mol. The Morgan fingerprint density at radius 1 is 1.47 bits per heavy atom. The summed E-state index contributed by atoms with van der Waals surface area (Å²) < 4.78 is 13.5. The number of nitrogens with one attached hydrogen (secondary N) is 1. The number of hydrogen-bond acceptors (Lipinski definition) is 2. The zero-order chi connectivity index (χ0) is 13.8. The monoisotopic (exact) mass is 284 g/mol. The standard InChI is InChI=1S/C14H18ClFN2O/c1-10(9-18-6-2-3-7-18)17-14(19)12-8-11(15)4-5-13(12)16/h4-5,8,10H,2-3,6-7,9H2,1H3,(H,17,19). The van der Waals surface area contributed by atoms with Gasteiger partial charge < -0.3 is 10.2 Å². The molecule has 0 radical (unpaired) electrons. The van der Waals surface area contributed by atoms with Crippen molar-refractivity contribution in [2.75, 3.05) is 19.6 Å². The number of nitrogens with zero attached hydrogens (tertiary/aromatic N) is 1. The molecule has 5 heteroatoms. The Labute approximate surface area is 117 Å². The first kappa shape index (κ1) is 14.3. The first-order chi connectivity index (χ1) is 9.06. The van der Waals surface area contributed by atoms with Gasteiger partial charge in [0.1, 0.15) is 5.82 Å². The molecule has 0 spiro atoms. The van der Waals surface area contributed by atoms with E-state index < -0.39 is 11.7 Å². The molecule has 19 heavy (non-hydrogen) atoms. The minimum absolute atomic E-state index is 0.000715. The molecule has 1 atom stereocenters. The smallest absolute Gasteiger partial charge is 0.254 e. The fourth-order valence-electron chi connectivity index (χ4n) is 2.37. The summed E-state index contributed by atoms with van der Waals surface area (Å²) in [5, 5.41) is 3.17. The molecule has 0 bridgehead atoms. The first-order valence-electron chi connectivity index (χ1n) is 6.54. The van der Waals surface area contributed by atoms with Crippen LogP contribution < -0.4 is 5.32 Å². The molecule has 1 aromatic rings. The van der Waals surface area contributed by atoms with Crippen LogP contribution >= 0.6 is 11.6 Å². The van der Waals surface area contributed by atoms with Gasteiger partial charge in [0.25, 0.3) is 5.91 Å². The zero-order valence-corrected chi connectivity index (χ0v) is 11.7. The van der Waals surface area contributed by atoms with Crippen LogP contribution in [-0.2, 0) is 0 Å². The molecular formula is C14H18ClFN2O. The van der Waals surface area contributed by atoms with Crippen LogP contribution in [-0.4, -0.2) is 36.5 Å². The highest BCUT2D eigenvalue weighted by Gasteiger charge is 2.18. The van der Waals surface area contributed by atoms with Crippen molar-refractivity contribution in [3.8, 4) is 0 Å². The Morgan fingerprint density at radius 3 is 2.84 bits per heavy atom. The van der Waals surface area contributed by atoms with E-state index in [0.29, 0.717) is 5.02 Å². The summed E-state index contributed by atoms with van der Waals surface area (Å²) in [6.45, 7) is 4.88. The Bertz CT molecular complexity index is 461. The zero-order valence-electron chi connectivity index (χ0n) is 11.0. The molecular weight excluding hydrogens is 267 g/mol. The van der Waals surface area contributed by atoms with Crippen LogP contribution in [0.2, 0.25) is 5.02 Å². The van der Waals surface area contributed by atoms with Gasteiger partial charge in [-0.1, -0.05) is 11.6 Å². The van der Waals surface area contributed by atoms with Crippen molar-refractivity contribution in [1.29, 1.82) is 0 Å². The van der Waals surface area contributed by atoms with Crippen LogP contribution in [0.5, 0.6) is 0 Å². The molecule has 3 nitrogen and oxygen atoms in total. The molecule has 1 amide bonds. The number of likely N-dealkylation sites (tertiary alicyclic amines) is 1. The second-order valence-electron chi connectivity index (χ2n) is 5.01. The normalized spacial score (nSPS) is 17.4. The number of carbonyl (C=O) groups excluding carboxylic acids is 1. The molecule has 104 valence electrons. The second-order valence-corrected chi connectivity index (χ2v) is 5.44. The lowest BCUT2D eigenvalue weighted by Gasteiger charge is -2.21. The minimum Gasteiger partial charge on any atom is -0.348 e.